The number of rotatable bonds is 5. The molecule has 0 bridgehead atoms. The fourth-order valence-electron chi connectivity index (χ4n) is 4.60. The third-order valence-corrected chi connectivity index (χ3v) is 6.47. The molecule has 1 nitrogen and oxygen atoms in total. The quantitative estimate of drug-likeness (QED) is 0.450. The molecule has 2 aliphatic rings. The van der Waals surface area contributed by atoms with E-state index in [1.807, 2.05) is 0 Å². The number of benzene rings is 3. The van der Waals surface area contributed by atoms with Crippen LogP contribution in [0.3, 0.4) is 0 Å². The average molecular weight is 416 g/mol. The van der Waals surface area contributed by atoms with Crippen LogP contribution in [0.5, 0.6) is 0 Å². The van der Waals surface area contributed by atoms with Crippen molar-refractivity contribution < 1.29 is 0 Å². The van der Waals surface area contributed by atoms with Gasteiger partial charge in [0.2, 0.25) is 0 Å². The second-order valence-corrected chi connectivity index (χ2v) is 8.66. The van der Waals surface area contributed by atoms with Crippen LogP contribution in [-0.4, -0.2) is 0 Å². The average Bonchev–Trinajstić information content (AvgIpc) is 2.89. The van der Waals surface area contributed by atoms with Gasteiger partial charge in [0.15, 0.2) is 0 Å². The first-order chi connectivity index (χ1) is 15.8. The monoisotopic (exact) mass is 415 g/mol. The Bertz CT molecular complexity index is 1190. The van der Waals surface area contributed by atoms with Crippen LogP contribution in [-0.2, 0) is 0 Å². The van der Waals surface area contributed by atoms with Crippen molar-refractivity contribution in [2.24, 2.45) is 11.7 Å². The molecule has 2 atom stereocenters. The van der Waals surface area contributed by atoms with Gasteiger partial charge in [-0.3, -0.25) is 0 Å². The molecule has 2 aliphatic carbocycles. The fourth-order valence-corrected chi connectivity index (χ4v) is 4.60. The molecule has 0 aliphatic heterocycles. The summed E-state index contributed by atoms with van der Waals surface area (Å²) >= 11 is 0. The Kier molecular flexibility index (Phi) is 6.00. The number of nitrogens with two attached hydrogens (primary N) is 1. The fraction of sp³-hybridized carbons (Fsp3) is 0.161. The zero-order valence-electron chi connectivity index (χ0n) is 18.3. The van der Waals surface area contributed by atoms with Crippen LogP contribution in [0.1, 0.15) is 36.4 Å². The van der Waals surface area contributed by atoms with Gasteiger partial charge in [-0.1, -0.05) is 97.1 Å². The van der Waals surface area contributed by atoms with Crippen LogP contribution in [0, 0.1) is 5.92 Å². The first-order valence-electron chi connectivity index (χ1n) is 11.5. The van der Waals surface area contributed by atoms with Crippen molar-refractivity contribution in [2.45, 2.75) is 25.3 Å². The van der Waals surface area contributed by atoms with E-state index in [-0.39, 0.29) is 6.04 Å². The Morgan fingerprint density at radius 3 is 2.06 bits per heavy atom. The summed E-state index contributed by atoms with van der Waals surface area (Å²) in [5.41, 5.74) is 15.3. The molecule has 0 fully saturated rings. The lowest BCUT2D eigenvalue weighted by Gasteiger charge is -2.22. The minimum Gasteiger partial charge on any atom is -0.323 e. The Labute approximate surface area is 191 Å². The van der Waals surface area contributed by atoms with Crippen LogP contribution in [0.2, 0.25) is 0 Å². The van der Waals surface area contributed by atoms with Gasteiger partial charge in [0.25, 0.3) is 0 Å². The molecule has 5 rings (SSSR count). The van der Waals surface area contributed by atoms with E-state index in [2.05, 4.69) is 115 Å². The molecule has 158 valence electrons. The molecule has 1 heteroatoms. The van der Waals surface area contributed by atoms with Gasteiger partial charge in [0.05, 0.1) is 0 Å². The highest BCUT2D eigenvalue weighted by atomic mass is 14.6. The van der Waals surface area contributed by atoms with Gasteiger partial charge in [-0.05, 0) is 82.3 Å². The van der Waals surface area contributed by atoms with E-state index in [4.69, 9.17) is 5.73 Å². The maximum Gasteiger partial charge on any atom is 0.0361 e. The smallest absolute Gasteiger partial charge is 0.0361 e. The predicted molar refractivity (Wildman–Crippen MR) is 137 cm³/mol. The summed E-state index contributed by atoms with van der Waals surface area (Å²) in [5, 5.41) is 0. The molecule has 32 heavy (non-hydrogen) atoms. The summed E-state index contributed by atoms with van der Waals surface area (Å²) in [7, 11) is 0. The highest BCUT2D eigenvalue weighted by Crippen LogP contribution is 2.34. The Balaban J connectivity index is 1.50. The Morgan fingerprint density at radius 1 is 0.688 bits per heavy atom. The van der Waals surface area contributed by atoms with Crippen molar-refractivity contribution in [1.29, 1.82) is 0 Å². The molecule has 0 saturated carbocycles. The lowest BCUT2D eigenvalue weighted by atomic mass is 9.87. The van der Waals surface area contributed by atoms with Gasteiger partial charge in [-0.2, -0.15) is 0 Å². The van der Waals surface area contributed by atoms with E-state index in [0.717, 1.165) is 19.3 Å². The molecular formula is C31H29N. The lowest BCUT2D eigenvalue weighted by molar-refractivity contribution is 0.524. The number of hydrogen-bond donors (Lipinski definition) is 1. The molecule has 3 aromatic carbocycles. The molecule has 0 aromatic heterocycles. The van der Waals surface area contributed by atoms with Gasteiger partial charge in [-0.25, -0.2) is 0 Å². The normalized spacial score (nSPS) is 18.4. The molecule has 0 radical (unpaired) electrons. The second kappa shape index (κ2) is 9.38. The summed E-state index contributed by atoms with van der Waals surface area (Å²) < 4.78 is 0. The highest BCUT2D eigenvalue weighted by molar-refractivity contribution is 5.83. The van der Waals surface area contributed by atoms with Crippen LogP contribution >= 0.6 is 0 Å². The van der Waals surface area contributed by atoms with E-state index in [1.54, 1.807) is 0 Å². The van der Waals surface area contributed by atoms with Crippen molar-refractivity contribution in [1.82, 2.24) is 0 Å². The van der Waals surface area contributed by atoms with Crippen LogP contribution in [0.25, 0.3) is 27.8 Å². The zero-order valence-corrected chi connectivity index (χ0v) is 18.3. The first-order valence-corrected chi connectivity index (χ1v) is 11.5. The van der Waals surface area contributed by atoms with E-state index in [1.165, 1.54) is 39.0 Å². The van der Waals surface area contributed by atoms with E-state index in [0.29, 0.717) is 5.92 Å². The topological polar surface area (TPSA) is 26.0 Å². The minimum absolute atomic E-state index is 0.0222. The molecule has 0 saturated heterocycles. The maximum atomic E-state index is 6.58. The molecular weight excluding hydrogens is 386 g/mol. The van der Waals surface area contributed by atoms with Gasteiger partial charge >= 0.3 is 0 Å². The minimum atomic E-state index is 0.0222. The number of allylic oxidation sites excluding steroid dienone is 7. The van der Waals surface area contributed by atoms with E-state index >= 15 is 0 Å². The van der Waals surface area contributed by atoms with Crippen molar-refractivity contribution in [3.63, 3.8) is 0 Å². The Hall–Kier alpha value is -3.42. The second-order valence-electron chi connectivity index (χ2n) is 8.66. The highest BCUT2D eigenvalue weighted by Gasteiger charge is 2.17. The van der Waals surface area contributed by atoms with Crippen molar-refractivity contribution in [2.75, 3.05) is 0 Å². The van der Waals surface area contributed by atoms with Gasteiger partial charge in [0, 0.05) is 6.04 Å². The van der Waals surface area contributed by atoms with Crippen LogP contribution in [0.4, 0.5) is 0 Å². The van der Waals surface area contributed by atoms with Gasteiger partial charge in [0.1, 0.15) is 0 Å². The lowest BCUT2D eigenvalue weighted by Crippen LogP contribution is -2.20. The Morgan fingerprint density at radius 2 is 1.41 bits per heavy atom. The third-order valence-electron chi connectivity index (χ3n) is 6.47. The first kappa shape index (κ1) is 20.5. The van der Waals surface area contributed by atoms with Gasteiger partial charge in [-0.15, -0.1) is 0 Å². The molecule has 0 heterocycles. The summed E-state index contributed by atoms with van der Waals surface area (Å²) in [4.78, 5) is 0. The summed E-state index contributed by atoms with van der Waals surface area (Å²) in [6.45, 7) is 0. The molecule has 2 N–H and O–H groups in total. The molecule has 2 unspecified atom stereocenters. The summed E-state index contributed by atoms with van der Waals surface area (Å²) in [5.74, 6) is 0.365. The van der Waals surface area contributed by atoms with E-state index < -0.39 is 0 Å². The van der Waals surface area contributed by atoms with Crippen molar-refractivity contribution in [3.05, 3.63) is 126 Å². The third kappa shape index (κ3) is 4.44. The molecule has 0 amide bonds. The summed E-state index contributed by atoms with van der Waals surface area (Å²) in [6, 6.07) is 26.4. The largest absolute Gasteiger partial charge is 0.323 e. The standard InChI is InChI=1S/C31H29N/c32-31(26-14-8-3-9-15-26)27-18-16-25(17-19-27)30-21-28(23-10-4-1-5-11-23)20-29(22-30)24-12-6-2-7-13-24/h1,3-6,8-14,16-22,26,31H,2,7,15,32H2. The van der Waals surface area contributed by atoms with E-state index in [9.17, 15) is 0 Å². The van der Waals surface area contributed by atoms with Crippen LogP contribution < -0.4 is 5.73 Å². The zero-order chi connectivity index (χ0) is 21.8. The molecule has 3 aromatic rings. The van der Waals surface area contributed by atoms with Gasteiger partial charge < -0.3 is 5.73 Å². The molecule has 0 spiro atoms. The SMILES string of the molecule is NC(c1ccc(-c2cc(C3=CCCC=C3)cc(-c3ccccc3)c2)cc1)C1C=CC=CC1. The predicted octanol–water partition coefficient (Wildman–Crippen LogP) is 7.89. The number of hydrogen-bond acceptors (Lipinski definition) is 1. The maximum absolute atomic E-state index is 6.58. The summed E-state index contributed by atoms with van der Waals surface area (Å²) in [6.07, 6.45) is 18.7. The van der Waals surface area contributed by atoms with Crippen molar-refractivity contribution in [3.8, 4) is 22.3 Å². The van der Waals surface area contributed by atoms with Crippen LogP contribution in [0.15, 0.2) is 115 Å². The van der Waals surface area contributed by atoms with Crippen molar-refractivity contribution >= 4 is 5.57 Å².